The minimum atomic E-state index is -0.570. The molecule has 0 N–H and O–H groups in total. The second kappa shape index (κ2) is 6.81. The predicted octanol–water partition coefficient (Wildman–Crippen LogP) is 2.28. The van der Waals surface area contributed by atoms with Crippen molar-refractivity contribution >= 4 is 17.5 Å². The third-order valence-corrected chi connectivity index (χ3v) is 4.42. The Bertz CT molecular complexity index is 671. The van der Waals surface area contributed by atoms with Crippen LogP contribution in [0.4, 0.5) is 0 Å². The van der Waals surface area contributed by atoms with E-state index in [2.05, 4.69) is 4.98 Å². The molecule has 1 amide bonds. The van der Waals surface area contributed by atoms with Crippen LogP contribution in [0.2, 0.25) is 0 Å². The molecule has 122 valence electrons. The van der Waals surface area contributed by atoms with E-state index in [-0.39, 0.29) is 24.2 Å². The van der Waals surface area contributed by atoms with E-state index in [0.717, 1.165) is 25.7 Å². The van der Waals surface area contributed by atoms with E-state index in [1.54, 1.807) is 34.8 Å². The van der Waals surface area contributed by atoms with Gasteiger partial charge in [0.2, 0.25) is 0 Å². The number of esters is 1. The van der Waals surface area contributed by atoms with Crippen LogP contribution in [0.15, 0.2) is 30.6 Å². The lowest BCUT2D eigenvalue weighted by Crippen LogP contribution is -2.40. The molecular formula is C17H21N3O3. The lowest BCUT2D eigenvalue weighted by molar-refractivity contribution is -0.135. The molecule has 1 saturated carbocycles. The Balaban J connectivity index is 1.56. The van der Waals surface area contributed by atoms with Crippen molar-refractivity contribution in [2.45, 2.75) is 38.1 Å². The average molecular weight is 315 g/mol. The summed E-state index contributed by atoms with van der Waals surface area (Å²) in [4.78, 5) is 30.1. The Morgan fingerprint density at radius 1 is 1.30 bits per heavy atom. The number of carbonyl (C=O) groups is 2. The number of imidazole rings is 1. The van der Waals surface area contributed by atoms with E-state index < -0.39 is 5.97 Å². The van der Waals surface area contributed by atoms with Crippen LogP contribution in [0.3, 0.4) is 0 Å². The van der Waals surface area contributed by atoms with Gasteiger partial charge in [-0.25, -0.2) is 9.78 Å². The first kappa shape index (κ1) is 15.5. The summed E-state index contributed by atoms with van der Waals surface area (Å²) in [6.07, 6.45) is 9.02. The number of fused-ring (bicyclic) bond motifs is 1. The number of likely N-dealkylation sites (N-methyl/N-ethyl adjacent to an activating group) is 1. The number of aromatic nitrogens is 2. The van der Waals surface area contributed by atoms with Crippen LogP contribution >= 0.6 is 0 Å². The zero-order valence-corrected chi connectivity index (χ0v) is 13.3. The molecule has 1 aliphatic rings. The number of hydrogen-bond donors (Lipinski definition) is 0. The molecule has 0 aliphatic heterocycles. The molecule has 0 spiro atoms. The first-order valence-electron chi connectivity index (χ1n) is 8.01. The topological polar surface area (TPSA) is 63.9 Å². The molecule has 2 aromatic heterocycles. The highest BCUT2D eigenvalue weighted by Crippen LogP contribution is 2.21. The minimum absolute atomic E-state index is 0.158. The Morgan fingerprint density at radius 2 is 2.09 bits per heavy atom. The lowest BCUT2D eigenvalue weighted by atomic mass is 9.94. The van der Waals surface area contributed by atoms with E-state index in [1.807, 2.05) is 12.1 Å². The summed E-state index contributed by atoms with van der Waals surface area (Å²) in [5, 5.41) is 0. The van der Waals surface area contributed by atoms with Gasteiger partial charge in [0.1, 0.15) is 5.65 Å². The molecule has 1 aliphatic carbocycles. The molecule has 23 heavy (non-hydrogen) atoms. The molecule has 0 bridgehead atoms. The monoisotopic (exact) mass is 315 g/mol. The van der Waals surface area contributed by atoms with E-state index in [1.165, 1.54) is 6.42 Å². The number of nitrogens with zero attached hydrogens (tertiary/aromatic N) is 3. The Labute approximate surface area is 135 Å². The number of carbonyl (C=O) groups excluding carboxylic acids is 2. The summed E-state index contributed by atoms with van der Waals surface area (Å²) in [6, 6.07) is 5.77. The quantitative estimate of drug-likeness (QED) is 0.812. The normalized spacial score (nSPS) is 15.5. The van der Waals surface area contributed by atoms with Gasteiger partial charge in [0.25, 0.3) is 5.91 Å². The molecule has 0 radical (unpaired) electrons. The van der Waals surface area contributed by atoms with Gasteiger partial charge in [-0.1, -0.05) is 25.3 Å². The Hall–Kier alpha value is -2.37. The van der Waals surface area contributed by atoms with Crippen molar-refractivity contribution < 1.29 is 14.3 Å². The van der Waals surface area contributed by atoms with Crippen LogP contribution < -0.4 is 0 Å². The SMILES string of the molecule is CN(C(=O)COC(=O)c1cn2ccccc2n1)C1CCCCC1. The highest BCUT2D eigenvalue weighted by atomic mass is 16.5. The molecule has 0 atom stereocenters. The molecular weight excluding hydrogens is 294 g/mol. The van der Waals surface area contributed by atoms with Crippen LogP contribution in [0, 0.1) is 0 Å². The second-order valence-corrected chi connectivity index (χ2v) is 5.96. The molecule has 3 rings (SSSR count). The van der Waals surface area contributed by atoms with Gasteiger partial charge in [-0.05, 0) is 25.0 Å². The lowest BCUT2D eigenvalue weighted by Gasteiger charge is -2.31. The van der Waals surface area contributed by atoms with E-state index >= 15 is 0 Å². The van der Waals surface area contributed by atoms with Crippen molar-refractivity contribution in [1.82, 2.24) is 14.3 Å². The fourth-order valence-electron chi connectivity index (χ4n) is 3.01. The van der Waals surface area contributed by atoms with Gasteiger partial charge in [0, 0.05) is 25.5 Å². The number of rotatable bonds is 4. The first-order valence-corrected chi connectivity index (χ1v) is 8.01. The van der Waals surface area contributed by atoms with Crippen molar-refractivity contribution in [1.29, 1.82) is 0 Å². The Morgan fingerprint density at radius 3 is 2.83 bits per heavy atom. The van der Waals surface area contributed by atoms with Crippen molar-refractivity contribution in [2.75, 3.05) is 13.7 Å². The van der Waals surface area contributed by atoms with Crippen molar-refractivity contribution in [3.8, 4) is 0 Å². The van der Waals surface area contributed by atoms with Gasteiger partial charge in [0.15, 0.2) is 12.3 Å². The summed E-state index contributed by atoms with van der Waals surface area (Å²) in [5.41, 5.74) is 0.884. The highest BCUT2D eigenvalue weighted by Gasteiger charge is 2.23. The maximum absolute atomic E-state index is 12.2. The molecule has 2 heterocycles. The Kier molecular flexibility index (Phi) is 4.60. The van der Waals surface area contributed by atoms with Gasteiger partial charge in [-0.2, -0.15) is 0 Å². The van der Waals surface area contributed by atoms with Crippen molar-refractivity contribution in [3.05, 3.63) is 36.3 Å². The minimum Gasteiger partial charge on any atom is -0.451 e. The van der Waals surface area contributed by atoms with Gasteiger partial charge >= 0.3 is 5.97 Å². The highest BCUT2D eigenvalue weighted by molar-refractivity contribution is 5.90. The zero-order chi connectivity index (χ0) is 16.2. The molecule has 2 aromatic rings. The van der Waals surface area contributed by atoms with Crippen LogP contribution in [-0.4, -0.2) is 45.9 Å². The maximum Gasteiger partial charge on any atom is 0.359 e. The summed E-state index contributed by atoms with van der Waals surface area (Å²) in [5.74, 6) is -0.729. The predicted molar refractivity (Wildman–Crippen MR) is 85.1 cm³/mol. The number of hydrogen-bond acceptors (Lipinski definition) is 4. The van der Waals surface area contributed by atoms with Gasteiger partial charge in [0.05, 0.1) is 0 Å². The summed E-state index contributed by atoms with van der Waals surface area (Å²) in [7, 11) is 1.79. The molecule has 6 nitrogen and oxygen atoms in total. The molecule has 0 aromatic carbocycles. The smallest absolute Gasteiger partial charge is 0.359 e. The number of amides is 1. The van der Waals surface area contributed by atoms with Gasteiger partial charge < -0.3 is 14.0 Å². The molecule has 0 unspecified atom stereocenters. The van der Waals surface area contributed by atoms with E-state index in [0.29, 0.717) is 5.65 Å². The van der Waals surface area contributed by atoms with E-state index in [4.69, 9.17) is 4.74 Å². The van der Waals surface area contributed by atoms with E-state index in [9.17, 15) is 9.59 Å². The third kappa shape index (κ3) is 3.52. The van der Waals surface area contributed by atoms with Gasteiger partial charge in [-0.15, -0.1) is 0 Å². The second-order valence-electron chi connectivity index (χ2n) is 5.96. The summed E-state index contributed by atoms with van der Waals surface area (Å²) < 4.78 is 6.87. The summed E-state index contributed by atoms with van der Waals surface area (Å²) in [6.45, 7) is -0.236. The van der Waals surface area contributed by atoms with Crippen LogP contribution in [0.1, 0.15) is 42.6 Å². The van der Waals surface area contributed by atoms with Crippen LogP contribution in [-0.2, 0) is 9.53 Å². The average Bonchev–Trinajstić information content (AvgIpc) is 3.03. The van der Waals surface area contributed by atoms with Crippen molar-refractivity contribution in [3.63, 3.8) is 0 Å². The zero-order valence-electron chi connectivity index (χ0n) is 13.3. The van der Waals surface area contributed by atoms with Crippen LogP contribution in [0.5, 0.6) is 0 Å². The maximum atomic E-state index is 12.2. The standard InChI is InChI=1S/C17H21N3O3/c1-19(13-7-3-2-4-8-13)16(21)12-23-17(22)14-11-20-10-6-5-9-15(20)18-14/h5-6,9-11,13H,2-4,7-8,12H2,1H3. The fraction of sp³-hybridized carbons (Fsp3) is 0.471. The molecule has 0 saturated heterocycles. The van der Waals surface area contributed by atoms with Gasteiger partial charge in [-0.3, -0.25) is 4.79 Å². The molecule has 1 fully saturated rings. The fourth-order valence-corrected chi connectivity index (χ4v) is 3.01. The van der Waals surface area contributed by atoms with Crippen molar-refractivity contribution in [2.24, 2.45) is 0 Å². The number of pyridine rings is 1. The van der Waals surface area contributed by atoms with Crippen LogP contribution in [0.25, 0.3) is 5.65 Å². The first-order chi connectivity index (χ1) is 11.1. The third-order valence-electron chi connectivity index (χ3n) is 4.42. The molecule has 6 heteroatoms. The summed E-state index contributed by atoms with van der Waals surface area (Å²) >= 11 is 0. The largest absolute Gasteiger partial charge is 0.451 e. The number of ether oxygens (including phenoxy) is 1.